The van der Waals surface area contributed by atoms with Crippen molar-refractivity contribution >= 4 is 5.70 Å². The number of rotatable bonds is 3. The summed E-state index contributed by atoms with van der Waals surface area (Å²) >= 11 is 0. The van der Waals surface area contributed by atoms with Gasteiger partial charge < -0.3 is 15.6 Å². The molecule has 0 aliphatic heterocycles. The third kappa shape index (κ3) is 2.21. The first-order valence-electron chi connectivity index (χ1n) is 5.02. The summed E-state index contributed by atoms with van der Waals surface area (Å²) in [6.45, 7) is 0. The van der Waals surface area contributed by atoms with Crippen molar-refractivity contribution in [2.75, 3.05) is 0 Å². The van der Waals surface area contributed by atoms with E-state index in [0.29, 0.717) is 23.2 Å². The minimum atomic E-state index is 0.303. The zero-order valence-corrected chi connectivity index (χ0v) is 8.39. The van der Waals surface area contributed by atoms with Gasteiger partial charge in [0.05, 0.1) is 5.70 Å². The van der Waals surface area contributed by atoms with Crippen molar-refractivity contribution in [1.82, 2.24) is 4.98 Å². The number of nitrogens with two attached hydrogens (primary N) is 1. The first-order valence-corrected chi connectivity index (χ1v) is 5.02. The summed E-state index contributed by atoms with van der Waals surface area (Å²) in [7, 11) is 0. The van der Waals surface area contributed by atoms with Crippen LogP contribution in [0.3, 0.4) is 0 Å². The molecular weight excluding hydrogens is 192 g/mol. The van der Waals surface area contributed by atoms with Gasteiger partial charge in [0, 0.05) is 17.8 Å². The van der Waals surface area contributed by atoms with Crippen molar-refractivity contribution in [3.05, 3.63) is 30.2 Å². The molecule has 1 aromatic rings. The highest BCUT2D eigenvalue weighted by atomic mass is 16.5. The van der Waals surface area contributed by atoms with Crippen molar-refractivity contribution in [3.63, 3.8) is 0 Å². The Hall–Kier alpha value is -1.71. The average Bonchev–Trinajstić information content (AvgIpc) is 2.23. The van der Waals surface area contributed by atoms with Gasteiger partial charge in [-0.2, -0.15) is 0 Å². The zero-order valence-electron chi connectivity index (χ0n) is 8.39. The fourth-order valence-corrected chi connectivity index (χ4v) is 1.35. The second-order valence-corrected chi connectivity index (χ2v) is 3.64. The Morgan fingerprint density at radius 2 is 2.33 bits per heavy atom. The average molecular weight is 206 g/mol. The Morgan fingerprint density at radius 1 is 1.53 bits per heavy atom. The lowest BCUT2D eigenvalue weighted by Crippen LogP contribution is -2.24. The zero-order chi connectivity index (χ0) is 10.7. The SMILES string of the molecule is N/C(=C/O)c1ccc(OC2CCC2)nc1. The summed E-state index contributed by atoms with van der Waals surface area (Å²) in [4.78, 5) is 4.12. The number of ether oxygens (including phenoxy) is 1. The summed E-state index contributed by atoms with van der Waals surface area (Å²) in [5.74, 6) is 0.620. The predicted octanol–water partition coefficient (Wildman–Crippen LogP) is 1.83. The highest BCUT2D eigenvalue weighted by molar-refractivity contribution is 5.60. The van der Waals surface area contributed by atoms with Crippen molar-refractivity contribution in [3.8, 4) is 5.88 Å². The summed E-state index contributed by atoms with van der Waals surface area (Å²) in [5, 5.41) is 8.70. The third-order valence-electron chi connectivity index (χ3n) is 2.55. The van der Waals surface area contributed by atoms with E-state index in [9.17, 15) is 0 Å². The van der Waals surface area contributed by atoms with Gasteiger partial charge in [0.1, 0.15) is 12.4 Å². The molecule has 1 fully saturated rings. The van der Waals surface area contributed by atoms with Crippen LogP contribution in [0.4, 0.5) is 0 Å². The fraction of sp³-hybridized carbons (Fsp3) is 0.364. The van der Waals surface area contributed by atoms with Crippen LogP contribution in [0.1, 0.15) is 24.8 Å². The monoisotopic (exact) mass is 206 g/mol. The molecule has 1 aliphatic rings. The minimum absolute atomic E-state index is 0.303. The Morgan fingerprint density at radius 3 is 2.80 bits per heavy atom. The third-order valence-corrected chi connectivity index (χ3v) is 2.55. The Kier molecular flexibility index (Phi) is 2.76. The van der Waals surface area contributed by atoms with Crippen molar-refractivity contribution < 1.29 is 9.84 Å². The van der Waals surface area contributed by atoms with E-state index in [4.69, 9.17) is 15.6 Å². The molecule has 3 N–H and O–H groups in total. The summed E-state index contributed by atoms with van der Waals surface area (Å²) < 4.78 is 5.58. The van der Waals surface area contributed by atoms with E-state index in [1.54, 1.807) is 18.3 Å². The van der Waals surface area contributed by atoms with Crippen molar-refractivity contribution in [2.45, 2.75) is 25.4 Å². The van der Waals surface area contributed by atoms with Gasteiger partial charge in [-0.15, -0.1) is 0 Å². The minimum Gasteiger partial charge on any atom is -0.513 e. The van der Waals surface area contributed by atoms with Gasteiger partial charge in [0.2, 0.25) is 5.88 Å². The molecule has 1 aliphatic carbocycles. The van der Waals surface area contributed by atoms with Gasteiger partial charge in [0.15, 0.2) is 0 Å². The number of aliphatic hydroxyl groups is 1. The molecule has 1 aromatic heterocycles. The van der Waals surface area contributed by atoms with E-state index >= 15 is 0 Å². The molecule has 0 amide bonds. The molecule has 0 saturated heterocycles. The second-order valence-electron chi connectivity index (χ2n) is 3.64. The Labute approximate surface area is 88.4 Å². The van der Waals surface area contributed by atoms with Crippen LogP contribution in [0.25, 0.3) is 5.70 Å². The number of aromatic nitrogens is 1. The lowest BCUT2D eigenvalue weighted by atomic mass is 9.96. The normalized spacial score (nSPS) is 17.2. The second kappa shape index (κ2) is 4.21. The number of hydrogen-bond acceptors (Lipinski definition) is 4. The van der Waals surface area contributed by atoms with E-state index in [1.165, 1.54) is 6.42 Å². The van der Waals surface area contributed by atoms with Crippen LogP contribution < -0.4 is 10.5 Å². The van der Waals surface area contributed by atoms with Crippen LogP contribution in [-0.4, -0.2) is 16.2 Å². The molecule has 1 heterocycles. The maximum Gasteiger partial charge on any atom is 0.213 e. The molecule has 0 atom stereocenters. The van der Waals surface area contributed by atoms with Gasteiger partial charge in [-0.3, -0.25) is 0 Å². The fourth-order valence-electron chi connectivity index (χ4n) is 1.35. The Bertz CT molecular complexity index is 355. The number of aliphatic hydroxyl groups excluding tert-OH is 1. The predicted molar refractivity (Wildman–Crippen MR) is 57.3 cm³/mol. The van der Waals surface area contributed by atoms with Crippen molar-refractivity contribution in [2.24, 2.45) is 5.73 Å². The summed E-state index contributed by atoms with van der Waals surface area (Å²) in [5.41, 5.74) is 6.51. The molecule has 0 unspecified atom stereocenters. The van der Waals surface area contributed by atoms with Crippen LogP contribution in [0.15, 0.2) is 24.6 Å². The van der Waals surface area contributed by atoms with Crippen LogP contribution in [0, 0.1) is 0 Å². The molecule has 0 bridgehead atoms. The maximum atomic E-state index is 8.70. The molecule has 1 saturated carbocycles. The van der Waals surface area contributed by atoms with Crippen LogP contribution >= 0.6 is 0 Å². The number of hydrogen-bond donors (Lipinski definition) is 2. The molecule has 4 nitrogen and oxygen atoms in total. The van der Waals surface area contributed by atoms with Gasteiger partial charge >= 0.3 is 0 Å². The lowest BCUT2D eigenvalue weighted by molar-refractivity contribution is 0.114. The lowest BCUT2D eigenvalue weighted by Gasteiger charge is -2.25. The van der Waals surface area contributed by atoms with Gasteiger partial charge in [-0.1, -0.05) is 0 Å². The van der Waals surface area contributed by atoms with Crippen molar-refractivity contribution in [1.29, 1.82) is 0 Å². The number of nitrogens with zero attached hydrogens (tertiary/aromatic N) is 1. The molecule has 2 rings (SSSR count). The van der Waals surface area contributed by atoms with E-state index in [-0.39, 0.29) is 0 Å². The summed E-state index contributed by atoms with van der Waals surface area (Å²) in [6.07, 6.45) is 6.25. The molecular formula is C11H14N2O2. The van der Waals surface area contributed by atoms with E-state index in [0.717, 1.165) is 19.1 Å². The van der Waals surface area contributed by atoms with Crippen LogP contribution in [0.5, 0.6) is 5.88 Å². The molecule has 0 aromatic carbocycles. The molecule has 4 heteroatoms. The van der Waals surface area contributed by atoms with Gasteiger partial charge in [0.25, 0.3) is 0 Å². The maximum absolute atomic E-state index is 8.70. The quantitative estimate of drug-likeness (QED) is 0.740. The largest absolute Gasteiger partial charge is 0.513 e. The highest BCUT2D eigenvalue weighted by Gasteiger charge is 2.19. The smallest absolute Gasteiger partial charge is 0.213 e. The van der Waals surface area contributed by atoms with E-state index in [1.807, 2.05) is 0 Å². The van der Waals surface area contributed by atoms with Crippen LogP contribution in [0.2, 0.25) is 0 Å². The highest BCUT2D eigenvalue weighted by Crippen LogP contribution is 2.24. The molecule has 15 heavy (non-hydrogen) atoms. The standard InChI is InChI=1S/C11H14N2O2/c12-10(7-14)8-4-5-11(13-6-8)15-9-2-1-3-9/h4-7,9,14H,1-3,12H2/b10-7+. The number of pyridine rings is 1. The molecule has 0 radical (unpaired) electrons. The first-order chi connectivity index (χ1) is 7.29. The van der Waals surface area contributed by atoms with E-state index < -0.39 is 0 Å². The molecule has 80 valence electrons. The topological polar surface area (TPSA) is 68.4 Å². The van der Waals surface area contributed by atoms with Crippen LogP contribution in [-0.2, 0) is 0 Å². The van der Waals surface area contributed by atoms with Gasteiger partial charge in [-0.05, 0) is 25.3 Å². The molecule has 0 spiro atoms. The first kappa shape index (κ1) is 9.83. The summed E-state index contributed by atoms with van der Waals surface area (Å²) in [6, 6.07) is 3.55. The Balaban J connectivity index is 2.03. The van der Waals surface area contributed by atoms with E-state index in [2.05, 4.69) is 4.98 Å². The van der Waals surface area contributed by atoms with Gasteiger partial charge in [-0.25, -0.2) is 4.98 Å².